The summed E-state index contributed by atoms with van der Waals surface area (Å²) in [6.45, 7) is 4.56. The van der Waals surface area contributed by atoms with Crippen LogP contribution in [0.2, 0.25) is 0 Å². The molecule has 0 saturated carbocycles. The van der Waals surface area contributed by atoms with Crippen LogP contribution in [0, 0.1) is 5.92 Å². The smallest absolute Gasteiger partial charge is 0.308 e. The zero-order valence-corrected chi connectivity index (χ0v) is 7.38. The van der Waals surface area contributed by atoms with Crippen molar-refractivity contribution in [3.63, 3.8) is 0 Å². The average Bonchev–Trinajstić information content (AvgIpc) is 2.17. The molecule has 0 aliphatic carbocycles. The summed E-state index contributed by atoms with van der Waals surface area (Å²) in [6, 6.07) is 0.267. The lowest BCUT2D eigenvalue weighted by Gasteiger charge is -2.26. The molecule has 1 saturated heterocycles. The zero-order chi connectivity index (χ0) is 8.97. The molecular weight excluding hydrogens is 154 g/mol. The van der Waals surface area contributed by atoms with Gasteiger partial charge >= 0.3 is 5.97 Å². The maximum atomic E-state index is 11.1. The lowest BCUT2D eigenvalue weighted by atomic mass is 9.93. The molecule has 1 fully saturated rings. The van der Waals surface area contributed by atoms with Gasteiger partial charge in [0.2, 0.25) is 0 Å². The summed E-state index contributed by atoms with van der Waals surface area (Å²) < 4.78 is 4.68. The fourth-order valence-corrected chi connectivity index (χ4v) is 1.51. The Morgan fingerprint density at radius 1 is 1.75 bits per heavy atom. The van der Waals surface area contributed by atoms with Crippen molar-refractivity contribution in [3.8, 4) is 0 Å². The highest BCUT2D eigenvalue weighted by atomic mass is 16.5. The van der Waals surface area contributed by atoms with Gasteiger partial charge < -0.3 is 10.1 Å². The molecule has 0 aromatic carbocycles. The summed E-state index contributed by atoms with van der Waals surface area (Å²) in [4.78, 5) is 11.1. The van der Waals surface area contributed by atoms with Crippen molar-refractivity contribution >= 4 is 5.97 Å². The van der Waals surface area contributed by atoms with Crippen LogP contribution in [0.1, 0.15) is 12.8 Å². The van der Waals surface area contributed by atoms with Crippen molar-refractivity contribution in [3.05, 3.63) is 12.7 Å². The first-order valence-electron chi connectivity index (χ1n) is 4.21. The molecule has 0 aromatic rings. The van der Waals surface area contributed by atoms with Gasteiger partial charge in [-0.25, -0.2) is 0 Å². The molecule has 2 unspecified atom stereocenters. The largest absolute Gasteiger partial charge is 0.469 e. The van der Waals surface area contributed by atoms with Crippen LogP contribution in [-0.2, 0) is 9.53 Å². The molecular formula is C9H15NO2. The van der Waals surface area contributed by atoms with E-state index in [1.807, 2.05) is 6.08 Å². The Bertz CT molecular complexity index is 179. The second-order valence-electron chi connectivity index (χ2n) is 3.04. The highest BCUT2D eigenvalue weighted by molar-refractivity contribution is 5.72. The van der Waals surface area contributed by atoms with E-state index in [9.17, 15) is 4.79 Å². The maximum absolute atomic E-state index is 11.1. The lowest BCUT2D eigenvalue weighted by Crippen LogP contribution is -2.39. The fourth-order valence-electron chi connectivity index (χ4n) is 1.51. The summed E-state index contributed by atoms with van der Waals surface area (Å²) in [5.41, 5.74) is 0. The third-order valence-corrected chi connectivity index (χ3v) is 2.26. The molecule has 1 heterocycles. The van der Waals surface area contributed by atoms with Crippen LogP contribution >= 0.6 is 0 Å². The zero-order valence-electron chi connectivity index (χ0n) is 7.38. The van der Waals surface area contributed by atoms with E-state index in [0.717, 1.165) is 19.4 Å². The van der Waals surface area contributed by atoms with Gasteiger partial charge in [0.15, 0.2) is 0 Å². The highest BCUT2D eigenvalue weighted by Gasteiger charge is 2.25. The first-order chi connectivity index (χ1) is 5.77. The Kier molecular flexibility index (Phi) is 3.29. The number of nitrogens with one attached hydrogen (secondary N) is 1. The number of carbonyl (C=O) groups excluding carboxylic acids is 1. The topological polar surface area (TPSA) is 38.3 Å². The number of rotatable bonds is 2. The van der Waals surface area contributed by atoms with Gasteiger partial charge in [-0.05, 0) is 19.4 Å². The Hall–Kier alpha value is -0.830. The minimum atomic E-state index is -0.0941. The van der Waals surface area contributed by atoms with Crippen molar-refractivity contribution in [1.29, 1.82) is 0 Å². The minimum absolute atomic E-state index is 0.0549. The molecule has 12 heavy (non-hydrogen) atoms. The van der Waals surface area contributed by atoms with E-state index in [-0.39, 0.29) is 17.9 Å². The van der Waals surface area contributed by atoms with Crippen LogP contribution in [0.5, 0.6) is 0 Å². The molecule has 0 spiro atoms. The van der Waals surface area contributed by atoms with Crippen molar-refractivity contribution in [2.45, 2.75) is 18.9 Å². The summed E-state index contributed by atoms with van der Waals surface area (Å²) in [7, 11) is 1.44. The second-order valence-corrected chi connectivity index (χ2v) is 3.04. The summed E-state index contributed by atoms with van der Waals surface area (Å²) in [6.07, 6.45) is 3.53. The van der Waals surface area contributed by atoms with Gasteiger partial charge in [-0.3, -0.25) is 4.79 Å². The summed E-state index contributed by atoms with van der Waals surface area (Å²) >= 11 is 0. The molecule has 0 amide bonds. The molecule has 0 radical (unpaired) electrons. The van der Waals surface area contributed by atoms with Crippen LogP contribution < -0.4 is 5.32 Å². The van der Waals surface area contributed by atoms with Gasteiger partial charge in [0.1, 0.15) is 0 Å². The quantitative estimate of drug-likeness (QED) is 0.489. The molecule has 0 bridgehead atoms. The van der Waals surface area contributed by atoms with Gasteiger partial charge in [0.25, 0.3) is 0 Å². The van der Waals surface area contributed by atoms with E-state index in [1.165, 1.54) is 7.11 Å². The van der Waals surface area contributed by atoms with E-state index in [2.05, 4.69) is 16.6 Å². The number of hydrogen-bond donors (Lipinski definition) is 1. The third kappa shape index (κ3) is 2.08. The van der Waals surface area contributed by atoms with E-state index in [4.69, 9.17) is 0 Å². The fraction of sp³-hybridized carbons (Fsp3) is 0.667. The Balaban J connectivity index is 2.45. The van der Waals surface area contributed by atoms with Crippen LogP contribution in [0.25, 0.3) is 0 Å². The summed E-state index contributed by atoms with van der Waals surface area (Å²) in [5.74, 6) is -0.0393. The third-order valence-electron chi connectivity index (χ3n) is 2.26. The number of ether oxygens (including phenoxy) is 1. The molecule has 1 rings (SSSR count). The Morgan fingerprint density at radius 2 is 2.50 bits per heavy atom. The molecule has 68 valence electrons. The van der Waals surface area contributed by atoms with Crippen molar-refractivity contribution in [2.75, 3.05) is 13.7 Å². The van der Waals surface area contributed by atoms with Gasteiger partial charge in [-0.15, -0.1) is 6.58 Å². The molecule has 3 heteroatoms. The molecule has 3 nitrogen and oxygen atoms in total. The van der Waals surface area contributed by atoms with E-state index in [0.29, 0.717) is 0 Å². The second kappa shape index (κ2) is 4.26. The summed E-state index contributed by atoms with van der Waals surface area (Å²) in [5, 5.41) is 3.25. The molecule has 2 atom stereocenters. The van der Waals surface area contributed by atoms with Gasteiger partial charge in [0.05, 0.1) is 13.0 Å². The monoisotopic (exact) mass is 169 g/mol. The number of hydrogen-bond acceptors (Lipinski definition) is 3. The van der Waals surface area contributed by atoms with Gasteiger partial charge in [-0.1, -0.05) is 6.08 Å². The van der Waals surface area contributed by atoms with Gasteiger partial charge in [0, 0.05) is 6.04 Å². The first-order valence-corrected chi connectivity index (χ1v) is 4.21. The van der Waals surface area contributed by atoms with Crippen LogP contribution in [-0.4, -0.2) is 25.7 Å². The number of methoxy groups -OCH3 is 1. The van der Waals surface area contributed by atoms with Crippen molar-refractivity contribution in [2.24, 2.45) is 5.92 Å². The SMILES string of the molecule is C=CC1CC(C(=O)OC)CCN1. The van der Waals surface area contributed by atoms with Crippen LogP contribution in [0.15, 0.2) is 12.7 Å². The number of esters is 1. The van der Waals surface area contributed by atoms with E-state index >= 15 is 0 Å². The predicted octanol–water partition coefficient (Wildman–Crippen LogP) is 0.714. The average molecular weight is 169 g/mol. The number of carbonyl (C=O) groups is 1. The van der Waals surface area contributed by atoms with E-state index < -0.39 is 0 Å². The van der Waals surface area contributed by atoms with Crippen LogP contribution in [0.3, 0.4) is 0 Å². The molecule has 1 N–H and O–H groups in total. The Morgan fingerprint density at radius 3 is 3.08 bits per heavy atom. The molecule has 1 aliphatic rings. The van der Waals surface area contributed by atoms with Gasteiger partial charge in [-0.2, -0.15) is 0 Å². The van der Waals surface area contributed by atoms with Crippen molar-refractivity contribution < 1.29 is 9.53 Å². The van der Waals surface area contributed by atoms with Crippen LogP contribution in [0.4, 0.5) is 0 Å². The predicted molar refractivity (Wildman–Crippen MR) is 46.7 cm³/mol. The standard InChI is InChI=1S/C9H15NO2/c1-3-8-6-7(4-5-10-8)9(11)12-2/h3,7-8,10H,1,4-6H2,2H3. The normalized spacial score (nSPS) is 29.4. The lowest BCUT2D eigenvalue weighted by molar-refractivity contribution is -0.146. The van der Waals surface area contributed by atoms with E-state index in [1.54, 1.807) is 0 Å². The minimum Gasteiger partial charge on any atom is -0.469 e. The molecule has 1 aliphatic heterocycles. The maximum Gasteiger partial charge on any atom is 0.308 e. The first kappa shape index (κ1) is 9.26. The number of piperidine rings is 1. The Labute approximate surface area is 72.8 Å². The molecule has 0 aromatic heterocycles. The highest BCUT2D eigenvalue weighted by Crippen LogP contribution is 2.17. The van der Waals surface area contributed by atoms with Crippen molar-refractivity contribution in [1.82, 2.24) is 5.32 Å².